The summed E-state index contributed by atoms with van der Waals surface area (Å²) in [6, 6.07) is 9.52. The van der Waals surface area contributed by atoms with Crippen LogP contribution < -0.4 is 11.1 Å². The molecule has 36 heavy (non-hydrogen) atoms. The zero-order valence-electron chi connectivity index (χ0n) is 20.6. The number of primary amides is 1. The summed E-state index contributed by atoms with van der Waals surface area (Å²) in [7, 11) is 1.72. The van der Waals surface area contributed by atoms with E-state index in [1.165, 1.54) is 18.2 Å². The van der Waals surface area contributed by atoms with E-state index in [4.69, 9.17) is 17.3 Å². The summed E-state index contributed by atoms with van der Waals surface area (Å²) in [5.74, 6) is -1.26. The lowest BCUT2D eigenvalue weighted by Gasteiger charge is -2.29. The minimum absolute atomic E-state index is 0.0826. The first kappa shape index (κ1) is 25.4. The predicted molar refractivity (Wildman–Crippen MR) is 139 cm³/mol. The van der Waals surface area contributed by atoms with Crippen molar-refractivity contribution in [3.8, 4) is 11.3 Å². The average Bonchev–Trinajstić information content (AvgIpc) is 3.20. The third-order valence-electron chi connectivity index (χ3n) is 6.09. The first-order valence-electron chi connectivity index (χ1n) is 11.5. The molecule has 3 aromatic rings. The summed E-state index contributed by atoms with van der Waals surface area (Å²) in [4.78, 5) is 31.3. The molecule has 0 saturated heterocycles. The molecular weight excluding hydrogens is 483 g/mol. The SMILES string of the molecule is CN=Cc1ccc(NC(=O)N2CCn3nc(-c4ccc(F)c(Cl)c4)c(C(N)=O)c3C2)cc1C(C)(C)C. The topological polar surface area (TPSA) is 106 Å². The van der Waals surface area contributed by atoms with Crippen molar-refractivity contribution in [2.75, 3.05) is 18.9 Å². The molecule has 3 N–H and O–H groups in total. The molecule has 0 spiro atoms. The molecule has 0 atom stereocenters. The van der Waals surface area contributed by atoms with Gasteiger partial charge < -0.3 is 16.0 Å². The quantitative estimate of drug-likeness (QED) is 0.491. The number of anilines is 1. The van der Waals surface area contributed by atoms with E-state index in [9.17, 15) is 14.0 Å². The molecule has 8 nitrogen and oxygen atoms in total. The molecule has 188 valence electrons. The van der Waals surface area contributed by atoms with Gasteiger partial charge in [0.15, 0.2) is 0 Å². The number of aromatic nitrogens is 2. The summed E-state index contributed by atoms with van der Waals surface area (Å²) < 4.78 is 15.3. The number of hydrogen-bond donors (Lipinski definition) is 2. The van der Waals surface area contributed by atoms with E-state index >= 15 is 0 Å². The number of fused-ring (bicyclic) bond motifs is 1. The second-order valence-electron chi connectivity index (χ2n) is 9.68. The number of nitrogens with two attached hydrogens (primary N) is 1. The molecule has 0 radical (unpaired) electrons. The van der Waals surface area contributed by atoms with Crippen LogP contribution in [0.4, 0.5) is 14.9 Å². The molecule has 0 bridgehead atoms. The van der Waals surface area contributed by atoms with Crippen LogP contribution in [0.2, 0.25) is 5.02 Å². The number of hydrogen-bond acceptors (Lipinski definition) is 4. The summed E-state index contributed by atoms with van der Waals surface area (Å²) >= 11 is 5.94. The van der Waals surface area contributed by atoms with Crippen LogP contribution >= 0.6 is 11.6 Å². The van der Waals surface area contributed by atoms with Crippen LogP contribution in [0.5, 0.6) is 0 Å². The highest BCUT2D eigenvalue weighted by Crippen LogP contribution is 2.31. The summed E-state index contributed by atoms with van der Waals surface area (Å²) in [5, 5.41) is 7.40. The molecule has 2 heterocycles. The lowest BCUT2D eigenvalue weighted by atomic mass is 9.83. The van der Waals surface area contributed by atoms with Gasteiger partial charge in [-0.15, -0.1) is 0 Å². The van der Waals surface area contributed by atoms with Gasteiger partial charge in [-0.1, -0.05) is 38.4 Å². The molecule has 0 aliphatic carbocycles. The maximum atomic E-state index is 13.7. The van der Waals surface area contributed by atoms with Gasteiger partial charge in [-0.2, -0.15) is 5.10 Å². The van der Waals surface area contributed by atoms with Crippen molar-refractivity contribution in [2.24, 2.45) is 10.7 Å². The molecule has 4 rings (SSSR count). The van der Waals surface area contributed by atoms with Crippen LogP contribution in [0.15, 0.2) is 41.4 Å². The fourth-order valence-electron chi connectivity index (χ4n) is 4.33. The van der Waals surface area contributed by atoms with Gasteiger partial charge in [0.05, 0.1) is 29.4 Å². The number of amides is 3. The number of rotatable bonds is 4. The van der Waals surface area contributed by atoms with Crippen LogP contribution in [0, 0.1) is 5.82 Å². The Labute approximate surface area is 213 Å². The number of benzene rings is 2. The minimum atomic E-state index is -0.683. The minimum Gasteiger partial charge on any atom is -0.365 e. The van der Waals surface area contributed by atoms with E-state index in [0.717, 1.165) is 11.1 Å². The fraction of sp³-hybridized carbons (Fsp3) is 0.308. The van der Waals surface area contributed by atoms with Gasteiger partial charge in [-0.05, 0) is 46.9 Å². The second kappa shape index (κ2) is 9.73. The smallest absolute Gasteiger partial charge is 0.322 e. The van der Waals surface area contributed by atoms with Gasteiger partial charge in [-0.25, -0.2) is 9.18 Å². The molecule has 2 aromatic carbocycles. The predicted octanol–water partition coefficient (Wildman–Crippen LogP) is 4.84. The van der Waals surface area contributed by atoms with E-state index in [0.29, 0.717) is 35.7 Å². The van der Waals surface area contributed by atoms with Crippen molar-refractivity contribution in [1.29, 1.82) is 0 Å². The van der Waals surface area contributed by atoms with Crippen molar-refractivity contribution in [1.82, 2.24) is 14.7 Å². The lowest BCUT2D eigenvalue weighted by Crippen LogP contribution is -2.41. The standard InChI is InChI=1S/C26H28ClFN6O2/c1-26(2,3)18-12-17(7-5-16(18)13-30-4)31-25(36)33-9-10-34-21(14-33)22(24(29)35)23(32-34)15-6-8-20(28)19(27)11-15/h5-8,11-13H,9-10,14H2,1-4H3,(H2,29,35)(H,31,36). The maximum absolute atomic E-state index is 13.7. The summed E-state index contributed by atoms with van der Waals surface area (Å²) in [5.41, 5.74) is 9.75. The zero-order chi connectivity index (χ0) is 26.2. The molecule has 0 saturated carbocycles. The second-order valence-corrected chi connectivity index (χ2v) is 10.1. The number of carbonyl (C=O) groups excluding carboxylic acids is 2. The lowest BCUT2D eigenvalue weighted by molar-refractivity contribution is 0.0997. The third-order valence-corrected chi connectivity index (χ3v) is 6.38. The Bertz CT molecular complexity index is 1380. The Kier molecular flexibility index (Phi) is 6.86. The van der Waals surface area contributed by atoms with Gasteiger partial charge in [0.1, 0.15) is 11.5 Å². The molecule has 1 aliphatic rings. The van der Waals surface area contributed by atoms with Crippen LogP contribution in [-0.2, 0) is 18.5 Å². The van der Waals surface area contributed by atoms with Crippen LogP contribution in [-0.4, -0.2) is 46.4 Å². The largest absolute Gasteiger partial charge is 0.365 e. The summed E-state index contributed by atoms with van der Waals surface area (Å²) in [6.45, 7) is 7.20. The molecule has 10 heteroatoms. The van der Waals surface area contributed by atoms with Gasteiger partial charge in [0.2, 0.25) is 0 Å². The zero-order valence-corrected chi connectivity index (χ0v) is 21.4. The van der Waals surface area contributed by atoms with E-state index in [1.807, 2.05) is 18.2 Å². The van der Waals surface area contributed by atoms with Crippen molar-refractivity contribution in [3.63, 3.8) is 0 Å². The molecule has 3 amide bonds. The number of halogens is 2. The number of carbonyl (C=O) groups is 2. The monoisotopic (exact) mass is 510 g/mol. The Morgan fingerprint density at radius 3 is 2.58 bits per heavy atom. The van der Waals surface area contributed by atoms with E-state index in [2.05, 4.69) is 36.2 Å². The first-order valence-corrected chi connectivity index (χ1v) is 11.8. The highest BCUT2D eigenvalue weighted by molar-refractivity contribution is 6.31. The molecule has 0 fully saturated rings. The molecular formula is C26H28ClFN6O2. The molecule has 1 aliphatic heterocycles. The average molecular weight is 511 g/mol. The van der Waals surface area contributed by atoms with E-state index < -0.39 is 11.7 Å². The van der Waals surface area contributed by atoms with Gasteiger partial charge in [-0.3, -0.25) is 14.5 Å². The maximum Gasteiger partial charge on any atom is 0.322 e. The van der Waals surface area contributed by atoms with Crippen LogP contribution in [0.25, 0.3) is 11.3 Å². The number of nitrogens with one attached hydrogen (secondary N) is 1. The van der Waals surface area contributed by atoms with Crippen molar-refractivity contribution < 1.29 is 14.0 Å². The highest BCUT2D eigenvalue weighted by Gasteiger charge is 2.30. The number of nitrogens with zero attached hydrogens (tertiary/aromatic N) is 4. The molecule has 1 aromatic heterocycles. The van der Waals surface area contributed by atoms with Gasteiger partial charge >= 0.3 is 6.03 Å². The van der Waals surface area contributed by atoms with Crippen LogP contribution in [0.1, 0.15) is 48.0 Å². The van der Waals surface area contributed by atoms with E-state index in [-0.39, 0.29) is 28.6 Å². The molecule has 0 unspecified atom stereocenters. The van der Waals surface area contributed by atoms with Crippen molar-refractivity contribution in [2.45, 2.75) is 39.3 Å². The third kappa shape index (κ3) is 4.97. The van der Waals surface area contributed by atoms with Gasteiger partial charge in [0.25, 0.3) is 5.91 Å². The first-order chi connectivity index (χ1) is 17.0. The Hall–Kier alpha value is -3.72. The number of urea groups is 1. The Morgan fingerprint density at radius 1 is 1.19 bits per heavy atom. The number of aliphatic imine (C=N–C) groups is 1. The normalized spacial score (nSPS) is 13.7. The highest BCUT2D eigenvalue weighted by atomic mass is 35.5. The van der Waals surface area contributed by atoms with Crippen molar-refractivity contribution in [3.05, 3.63) is 69.6 Å². The summed E-state index contributed by atoms with van der Waals surface area (Å²) in [6.07, 6.45) is 1.80. The van der Waals surface area contributed by atoms with E-state index in [1.54, 1.807) is 22.8 Å². The van der Waals surface area contributed by atoms with Crippen molar-refractivity contribution >= 4 is 35.4 Å². The fourth-order valence-corrected chi connectivity index (χ4v) is 4.51. The Morgan fingerprint density at radius 2 is 1.94 bits per heavy atom. The van der Waals surface area contributed by atoms with Gasteiger partial charge in [0, 0.05) is 31.1 Å². The van der Waals surface area contributed by atoms with Crippen LogP contribution in [0.3, 0.4) is 0 Å². The Balaban J connectivity index is 1.61.